The molecule has 2 rings (SSSR count). The number of ether oxygens (including phenoxy) is 4. The number of hydrogen-bond donors (Lipinski definition) is 8. The van der Waals surface area contributed by atoms with Gasteiger partial charge >= 0.3 is 23.9 Å². The number of carboxylic acids is 3. The molecule has 100 heavy (non-hydrogen) atoms. The van der Waals surface area contributed by atoms with Crippen LogP contribution in [0.5, 0.6) is 0 Å². The molecule has 0 bridgehead atoms. The van der Waals surface area contributed by atoms with Crippen LogP contribution in [0.1, 0.15) is 358 Å². The first kappa shape index (κ1) is 91.2. The number of benzene rings is 1. The Bertz CT molecular complexity index is 2280. The van der Waals surface area contributed by atoms with Gasteiger partial charge in [0.2, 0.25) is 5.91 Å². The molecular weight excluding hydrogens is 1270 g/mol. The van der Waals surface area contributed by atoms with Crippen molar-refractivity contribution in [3.63, 3.8) is 0 Å². The zero-order chi connectivity index (χ0) is 73.4. The summed E-state index contributed by atoms with van der Waals surface area (Å²) >= 11 is 0. The molecule has 20 nitrogen and oxygen atoms in total. The second kappa shape index (κ2) is 57.5. The number of carbonyl (C=O) groups excluding carboxylic acids is 4. The first-order valence-electron chi connectivity index (χ1n) is 40.2. The van der Waals surface area contributed by atoms with Crippen LogP contribution in [0.3, 0.4) is 0 Å². The van der Waals surface area contributed by atoms with Gasteiger partial charge < -0.3 is 65.8 Å². The summed E-state index contributed by atoms with van der Waals surface area (Å²) in [5, 5.41) is 40.7. The first-order valence-corrected chi connectivity index (χ1v) is 40.2. The molecule has 0 aromatic heterocycles. The highest BCUT2D eigenvalue weighted by molar-refractivity contribution is 5.97. The third kappa shape index (κ3) is 46.0. The van der Waals surface area contributed by atoms with E-state index < -0.39 is 65.3 Å². The number of carbonyl (C=O) groups is 7. The lowest BCUT2D eigenvalue weighted by Crippen LogP contribution is -2.51. The standard InChI is InChI=1S/C80H144N6O14/c1-8-12-14-16-18-20-22-24-26-28-30-32-34-36-38-43-56-80(57-44-39-37-35-33-31-29-27-25-23-21-19-17-15-13-9-2)98-63-68(100-80)55-61-86(7)60-46-40-41-48-71(87)83-64-78(5,10-3)99-65-79(6,11-4)97-62-59-82-74(91)67-51-49-66(50-52-67)73(90)81-58-45-42-47-69(75(92)93)84-77(96)85-70(76(94)95)53-54-72(88)89/h49-52,68-70H,8-48,53-65H2,1-7H3,(H,81,90)(H,82,91)(H,83,87)(H,88,89)(H,92,93)(H,94,95)(H2,84,85,96)/t68?,69-,70-,78?,79?/m0/s1. The Morgan fingerprint density at radius 2 is 0.940 bits per heavy atom. The summed E-state index contributed by atoms with van der Waals surface area (Å²) in [5.74, 6) is -5.18. The Morgan fingerprint density at radius 3 is 1.38 bits per heavy atom. The van der Waals surface area contributed by atoms with Crippen molar-refractivity contribution < 1.29 is 67.8 Å². The van der Waals surface area contributed by atoms with E-state index in [4.69, 9.17) is 24.1 Å². The van der Waals surface area contributed by atoms with Gasteiger partial charge in [0, 0.05) is 63.0 Å². The number of amides is 5. The van der Waals surface area contributed by atoms with Crippen molar-refractivity contribution in [3.05, 3.63) is 35.4 Å². The summed E-state index contributed by atoms with van der Waals surface area (Å²) in [6.07, 6.45) is 51.4. The summed E-state index contributed by atoms with van der Waals surface area (Å²) in [4.78, 5) is 87.6. The van der Waals surface area contributed by atoms with Gasteiger partial charge in [-0.25, -0.2) is 14.4 Å². The third-order valence-corrected chi connectivity index (χ3v) is 20.2. The van der Waals surface area contributed by atoms with Crippen LogP contribution in [0.2, 0.25) is 0 Å². The Labute approximate surface area is 605 Å². The number of carboxylic acid groups (broad SMARTS) is 3. The van der Waals surface area contributed by atoms with E-state index >= 15 is 0 Å². The normalized spacial score (nSPS) is 15.4. The molecule has 1 aliphatic heterocycles. The van der Waals surface area contributed by atoms with E-state index in [2.05, 4.69) is 52.4 Å². The van der Waals surface area contributed by atoms with E-state index in [0.717, 1.165) is 51.6 Å². The number of urea groups is 1. The average molecular weight is 1410 g/mol. The van der Waals surface area contributed by atoms with Crippen molar-refractivity contribution in [3.8, 4) is 0 Å². The predicted molar refractivity (Wildman–Crippen MR) is 401 cm³/mol. The molecule has 0 spiro atoms. The number of nitrogens with one attached hydrogen (secondary N) is 5. The van der Waals surface area contributed by atoms with Crippen LogP contribution in [-0.2, 0) is 38.1 Å². The monoisotopic (exact) mass is 1410 g/mol. The summed E-state index contributed by atoms with van der Waals surface area (Å²) in [6.45, 7) is 16.6. The largest absolute Gasteiger partial charge is 0.481 e. The highest BCUT2D eigenvalue weighted by Crippen LogP contribution is 2.36. The van der Waals surface area contributed by atoms with E-state index in [9.17, 15) is 43.8 Å². The zero-order valence-electron chi connectivity index (χ0n) is 64.0. The molecule has 3 unspecified atom stereocenters. The van der Waals surface area contributed by atoms with Gasteiger partial charge in [0.25, 0.3) is 11.8 Å². The maximum Gasteiger partial charge on any atom is 0.326 e. The van der Waals surface area contributed by atoms with Crippen LogP contribution in [0, 0.1) is 0 Å². The summed E-state index contributed by atoms with van der Waals surface area (Å²) in [6, 6.07) is 2.21. The number of rotatable bonds is 68. The minimum atomic E-state index is -1.51. The van der Waals surface area contributed by atoms with Crippen molar-refractivity contribution >= 4 is 41.7 Å². The molecule has 5 atom stereocenters. The highest BCUT2D eigenvalue weighted by atomic mass is 16.7. The lowest BCUT2D eigenvalue weighted by molar-refractivity contribution is -0.180. The Morgan fingerprint density at radius 1 is 0.510 bits per heavy atom. The highest BCUT2D eigenvalue weighted by Gasteiger charge is 2.40. The Hall–Kier alpha value is -4.89. The van der Waals surface area contributed by atoms with Crippen molar-refractivity contribution in [2.24, 2.45) is 0 Å². The maximum atomic E-state index is 13.1. The van der Waals surface area contributed by atoms with Gasteiger partial charge in [-0.2, -0.15) is 0 Å². The van der Waals surface area contributed by atoms with E-state index in [0.29, 0.717) is 63.0 Å². The van der Waals surface area contributed by atoms with E-state index in [1.807, 2.05) is 27.7 Å². The number of hydrogen-bond acceptors (Lipinski definition) is 12. The molecule has 20 heteroatoms. The number of nitrogens with zero attached hydrogens (tertiary/aromatic N) is 1. The van der Waals surface area contributed by atoms with Gasteiger partial charge in [0.05, 0.1) is 37.1 Å². The van der Waals surface area contributed by atoms with Crippen molar-refractivity contribution in [2.45, 2.75) is 372 Å². The van der Waals surface area contributed by atoms with Crippen molar-refractivity contribution in [1.82, 2.24) is 31.5 Å². The van der Waals surface area contributed by atoms with Crippen LogP contribution in [0.25, 0.3) is 0 Å². The fourth-order valence-corrected chi connectivity index (χ4v) is 12.8. The van der Waals surface area contributed by atoms with Gasteiger partial charge in [-0.1, -0.05) is 227 Å². The fraction of sp³-hybridized carbons (Fsp3) is 0.838. The van der Waals surface area contributed by atoms with E-state index in [1.54, 1.807) is 0 Å². The minimum absolute atomic E-state index is 0.0140. The molecule has 1 heterocycles. The quantitative estimate of drug-likeness (QED) is 0.0282. The summed E-state index contributed by atoms with van der Waals surface area (Å²) in [5.41, 5.74) is -0.582. The summed E-state index contributed by atoms with van der Waals surface area (Å²) < 4.78 is 26.4. The Kier molecular flexibility index (Phi) is 52.4. The molecule has 8 N–H and O–H groups in total. The van der Waals surface area contributed by atoms with Gasteiger partial charge in [0.15, 0.2) is 5.79 Å². The molecule has 1 aliphatic rings. The average Bonchev–Trinajstić information content (AvgIpc) is 1.66. The van der Waals surface area contributed by atoms with Crippen LogP contribution in [0.15, 0.2) is 24.3 Å². The van der Waals surface area contributed by atoms with Gasteiger partial charge in [-0.3, -0.25) is 19.2 Å². The van der Waals surface area contributed by atoms with Crippen LogP contribution >= 0.6 is 0 Å². The SMILES string of the molecule is CCCCCCCCCCCCCCCCCCC1(CCCCCCCCCCCCCCCCCC)OCC(CCN(C)CCCCCC(=O)NCC(C)(CC)OCC(C)(CC)OCCNC(=O)c2ccc(C(=O)NCCCC[C@H](NC(=O)N[C@@H](CCC(=O)O)C(=O)O)C(=O)O)cc2)O1. The molecule has 0 radical (unpaired) electrons. The van der Waals surface area contributed by atoms with Crippen LogP contribution < -0.4 is 26.6 Å². The second-order valence-electron chi connectivity index (χ2n) is 29.4. The van der Waals surface area contributed by atoms with E-state index in [1.165, 1.54) is 230 Å². The molecule has 0 aliphatic carbocycles. The van der Waals surface area contributed by atoms with Crippen LogP contribution in [-0.4, -0.2) is 157 Å². The molecular formula is C80H144N6O14. The number of aliphatic carboxylic acids is 3. The second-order valence-corrected chi connectivity index (χ2v) is 29.4. The van der Waals surface area contributed by atoms with Gasteiger partial charge in [-0.15, -0.1) is 0 Å². The van der Waals surface area contributed by atoms with E-state index in [-0.39, 0.29) is 50.5 Å². The molecule has 1 aromatic rings. The molecule has 1 saturated heterocycles. The molecule has 5 amide bonds. The Balaban J connectivity index is 1.68. The van der Waals surface area contributed by atoms with Crippen LogP contribution in [0.4, 0.5) is 4.79 Å². The molecule has 0 saturated carbocycles. The molecule has 1 aromatic carbocycles. The third-order valence-electron chi connectivity index (χ3n) is 20.2. The minimum Gasteiger partial charge on any atom is -0.481 e. The summed E-state index contributed by atoms with van der Waals surface area (Å²) in [7, 11) is 2.20. The lowest BCUT2D eigenvalue weighted by atomic mass is 9.98. The lowest BCUT2D eigenvalue weighted by Gasteiger charge is -2.35. The predicted octanol–water partition coefficient (Wildman–Crippen LogP) is 17.2. The van der Waals surface area contributed by atoms with Gasteiger partial charge in [-0.05, 0) is 122 Å². The van der Waals surface area contributed by atoms with Gasteiger partial charge in [0.1, 0.15) is 12.1 Å². The number of unbranched alkanes of at least 4 members (excludes halogenated alkanes) is 33. The maximum absolute atomic E-state index is 13.1. The smallest absolute Gasteiger partial charge is 0.326 e. The van der Waals surface area contributed by atoms with Crippen molar-refractivity contribution in [1.29, 1.82) is 0 Å². The zero-order valence-corrected chi connectivity index (χ0v) is 64.0. The van der Waals surface area contributed by atoms with Crippen molar-refractivity contribution in [2.75, 3.05) is 59.6 Å². The topological polar surface area (TPSA) is 280 Å². The fourth-order valence-electron chi connectivity index (χ4n) is 12.8. The molecule has 1 fully saturated rings. The first-order chi connectivity index (χ1) is 48.2. The molecule has 578 valence electrons.